The first-order chi connectivity index (χ1) is 9.00. The maximum Gasteiger partial charge on any atom is 0.256 e. The molecular weight excluding hydrogens is 285 g/mol. The van der Waals surface area contributed by atoms with E-state index in [-0.39, 0.29) is 16.7 Å². The minimum atomic E-state index is -0.349. The van der Waals surface area contributed by atoms with Crippen molar-refractivity contribution in [1.29, 1.82) is 0 Å². The van der Waals surface area contributed by atoms with Crippen LogP contribution in [0.5, 0.6) is 5.75 Å². The van der Waals surface area contributed by atoms with Gasteiger partial charge in [0.2, 0.25) is 0 Å². The van der Waals surface area contributed by atoms with Crippen LogP contribution in [0.15, 0.2) is 36.4 Å². The molecule has 0 unspecified atom stereocenters. The first-order valence-corrected chi connectivity index (χ1v) is 6.30. The lowest BCUT2D eigenvalue weighted by molar-refractivity contribution is 0.102. The van der Waals surface area contributed by atoms with Crippen LogP contribution >= 0.6 is 23.2 Å². The number of hydrogen-bond donors (Lipinski definition) is 2. The normalized spacial score (nSPS) is 10.3. The third-order valence-electron chi connectivity index (χ3n) is 2.75. The molecule has 3 nitrogen and oxygen atoms in total. The summed E-state index contributed by atoms with van der Waals surface area (Å²) in [6, 6.07) is 9.75. The van der Waals surface area contributed by atoms with Crippen LogP contribution in [0.25, 0.3) is 0 Å². The molecule has 2 aromatic carbocycles. The number of carbonyl (C=O) groups excluding carboxylic acids is 1. The first-order valence-electron chi connectivity index (χ1n) is 5.54. The molecule has 0 aliphatic rings. The van der Waals surface area contributed by atoms with Gasteiger partial charge in [0.05, 0.1) is 15.7 Å². The Morgan fingerprint density at radius 1 is 1.16 bits per heavy atom. The number of halogens is 2. The van der Waals surface area contributed by atoms with Gasteiger partial charge in [0.15, 0.2) is 0 Å². The van der Waals surface area contributed by atoms with Crippen molar-refractivity contribution >= 4 is 34.8 Å². The summed E-state index contributed by atoms with van der Waals surface area (Å²) in [5, 5.41) is 12.9. The molecule has 1 amide bonds. The Kier molecular flexibility index (Phi) is 3.98. The molecule has 0 aliphatic heterocycles. The van der Waals surface area contributed by atoms with Crippen molar-refractivity contribution in [2.24, 2.45) is 0 Å². The Balaban J connectivity index is 2.31. The second-order valence-corrected chi connectivity index (χ2v) is 4.79. The van der Waals surface area contributed by atoms with Crippen LogP contribution in [0.3, 0.4) is 0 Å². The van der Waals surface area contributed by atoms with Crippen molar-refractivity contribution in [3.05, 3.63) is 57.6 Å². The largest absolute Gasteiger partial charge is 0.508 e. The van der Waals surface area contributed by atoms with E-state index in [0.717, 1.165) is 0 Å². The van der Waals surface area contributed by atoms with Gasteiger partial charge in [-0.15, -0.1) is 0 Å². The maximum absolute atomic E-state index is 12.1. The first kappa shape index (κ1) is 13.7. The van der Waals surface area contributed by atoms with Gasteiger partial charge in [-0.2, -0.15) is 0 Å². The number of aromatic hydroxyl groups is 1. The predicted molar refractivity (Wildman–Crippen MR) is 77.3 cm³/mol. The summed E-state index contributed by atoms with van der Waals surface area (Å²) in [5.74, 6) is -0.276. The monoisotopic (exact) mass is 295 g/mol. The second-order valence-electron chi connectivity index (χ2n) is 4.01. The van der Waals surface area contributed by atoms with Gasteiger partial charge in [0.1, 0.15) is 5.75 Å². The highest BCUT2D eigenvalue weighted by molar-refractivity contribution is 6.44. The average Bonchev–Trinajstić information content (AvgIpc) is 2.38. The molecule has 2 N–H and O–H groups in total. The van der Waals surface area contributed by atoms with Crippen LogP contribution in [-0.4, -0.2) is 11.0 Å². The molecule has 0 spiro atoms. The highest BCUT2D eigenvalue weighted by atomic mass is 35.5. The molecule has 2 aromatic rings. The minimum absolute atomic E-state index is 0.0739. The summed E-state index contributed by atoms with van der Waals surface area (Å²) in [6.07, 6.45) is 0. The second kappa shape index (κ2) is 5.51. The van der Waals surface area contributed by atoms with Gasteiger partial charge in [-0.05, 0) is 31.2 Å². The Morgan fingerprint density at radius 2 is 1.84 bits per heavy atom. The Labute approximate surface area is 120 Å². The van der Waals surface area contributed by atoms with Crippen LogP contribution in [0.1, 0.15) is 15.9 Å². The third-order valence-corrected chi connectivity index (χ3v) is 3.57. The molecule has 0 heterocycles. The number of nitrogens with one attached hydrogen (secondary N) is 1. The zero-order chi connectivity index (χ0) is 14.0. The van der Waals surface area contributed by atoms with Gasteiger partial charge >= 0.3 is 0 Å². The lowest BCUT2D eigenvalue weighted by Gasteiger charge is -2.10. The van der Waals surface area contributed by atoms with Crippen LogP contribution < -0.4 is 5.32 Å². The fourth-order valence-corrected chi connectivity index (χ4v) is 2.01. The van der Waals surface area contributed by atoms with Crippen LogP contribution in [0, 0.1) is 6.92 Å². The fraction of sp³-hybridized carbons (Fsp3) is 0.0714. The van der Waals surface area contributed by atoms with E-state index >= 15 is 0 Å². The van der Waals surface area contributed by atoms with E-state index in [2.05, 4.69) is 5.32 Å². The van der Waals surface area contributed by atoms with E-state index in [0.29, 0.717) is 21.8 Å². The van der Waals surface area contributed by atoms with E-state index in [1.165, 1.54) is 6.07 Å². The van der Waals surface area contributed by atoms with E-state index in [1.54, 1.807) is 37.3 Å². The fourth-order valence-electron chi connectivity index (χ4n) is 1.66. The lowest BCUT2D eigenvalue weighted by atomic mass is 10.1. The summed E-state index contributed by atoms with van der Waals surface area (Å²) in [7, 11) is 0. The van der Waals surface area contributed by atoms with Gasteiger partial charge in [-0.1, -0.05) is 35.3 Å². The summed E-state index contributed by atoms with van der Waals surface area (Å²) in [4.78, 5) is 12.1. The topological polar surface area (TPSA) is 49.3 Å². The number of benzene rings is 2. The van der Waals surface area contributed by atoms with Gasteiger partial charge < -0.3 is 10.4 Å². The molecule has 0 saturated heterocycles. The summed E-state index contributed by atoms with van der Waals surface area (Å²) in [5.41, 5.74) is 1.33. The van der Waals surface area contributed by atoms with Gasteiger partial charge in [0, 0.05) is 11.1 Å². The molecule has 98 valence electrons. The Hall–Kier alpha value is -1.71. The number of phenols is 1. The van der Waals surface area contributed by atoms with Gasteiger partial charge in [0.25, 0.3) is 5.91 Å². The molecule has 0 fully saturated rings. The van der Waals surface area contributed by atoms with E-state index < -0.39 is 0 Å². The molecule has 0 radical (unpaired) electrons. The molecule has 0 aromatic heterocycles. The van der Waals surface area contributed by atoms with Crippen LogP contribution in [-0.2, 0) is 0 Å². The summed E-state index contributed by atoms with van der Waals surface area (Å²) in [6.45, 7) is 1.67. The van der Waals surface area contributed by atoms with Crippen molar-refractivity contribution in [3.63, 3.8) is 0 Å². The van der Waals surface area contributed by atoms with Crippen molar-refractivity contribution in [1.82, 2.24) is 0 Å². The summed E-state index contributed by atoms with van der Waals surface area (Å²) >= 11 is 11.9. The predicted octanol–water partition coefficient (Wildman–Crippen LogP) is 4.26. The highest BCUT2D eigenvalue weighted by Gasteiger charge is 2.13. The number of phenolic OH excluding ortho intramolecular Hbond substituents is 1. The number of carbonyl (C=O) groups is 1. The number of rotatable bonds is 2. The minimum Gasteiger partial charge on any atom is -0.508 e. The van der Waals surface area contributed by atoms with Crippen molar-refractivity contribution < 1.29 is 9.90 Å². The van der Waals surface area contributed by atoms with E-state index in [1.807, 2.05) is 0 Å². The SMILES string of the molecule is Cc1c(O)cccc1C(=O)Nc1cccc(Cl)c1Cl. The molecule has 19 heavy (non-hydrogen) atoms. The quantitative estimate of drug-likeness (QED) is 0.870. The Morgan fingerprint density at radius 3 is 2.58 bits per heavy atom. The number of anilines is 1. The lowest BCUT2D eigenvalue weighted by Crippen LogP contribution is -2.13. The zero-order valence-electron chi connectivity index (χ0n) is 10.1. The smallest absolute Gasteiger partial charge is 0.256 e. The third kappa shape index (κ3) is 2.83. The molecule has 0 saturated carbocycles. The molecule has 0 bridgehead atoms. The van der Waals surface area contributed by atoms with E-state index in [9.17, 15) is 9.90 Å². The number of amides is 1. The van der Waals surface area contributed by atoms with E-state index in [4.69, 9.17) is 23.2 Å². The van der Waals surface area contributed by atoms with Crippen LogP contribution in [0.4, 0.5) is 5.69 Å². The Bertz CT molecular complexity index is 641. The molecule has 2 rings (SSSR count). The highest BCUT2D eigenvalue weighted by Crippen LogP contribution is 2.30. The zero-order valence-corrected chi connectivity index (χ0v) is 11.6. The van der Waals surface area contributed by atoms with Crippen molar-refractivity contribution in [2.45, 2.75) is 6.92 Å². The molecule has 0 atom stereocenters. The van der Waals surface area contributed by atoms with Crippen molar-refractivity contribution in [3.8, 4) is 5.75 Å². The van der Waals surface area contributed by atoms with Gasteiger partial charge in [-0.25, -0.2) is 0 Å². The van der Waals surface area contributed by atoms with Crippen molar-refractivity contribution in [2.75, 3.05) is 5.32 Å². The van der Waals surface area contributed by atoms with Crippen LogP contribution in [0.2, 0.25) is 10.0 Å². The van der Waals surface area contributed by atoms with Gasteiger partial charge in [-0.3, -0.25) is 4.79 Å². The number of hydrogen-bond acceptors (Lipinski definition) is 2. The molecule has 0 aliphatic carbocycles. The summed E-state index contributed by atoms with van der Waals surface area (Å²) < 4.78 is 0. The standard InChI is InChI=1S/C14H11Cl2NO2/c1-8-9(4-2-7-12(8)18)14(19)17-11-6-3-5-10(15)13(11)16/h2-7,18H,1H3,(H,17,19). The average molecular weight is 296 g/mol. The maximum atomic E-state index is 12.1. The molecular formula is C14H11Cl2NO2. The molecule has 5 heteroatoms.